The molecule has 4 heteroatoms. The summed E-state index contributed by atoms with van der Waals surface area (Å²) in [6.07, 6.45) is -3.18. The molecule has 0 amide bonds. The van der Waals surface area contributed by atoms with E-state index in [9.17, 15) is 13.2 Å². The molecule has 0 aromatic rings. The average Bonchev–Trinajstić information content (AvgIpc) is 1.97. The van der Waals surface area contributed by atoms with Crippen molar-refractivity contribution < 1.29 is 13.2 Å². The topological polar surface area (TPSA) is 12.4 Å². The summed E-state index contributed by atoms with van der Waals surface area (Å²) in [5.41, 5.74) is -0.558. The van der Waals surface area contributed by atoms with Crippen molar-refractivity contribution in [3.63, 3.8) is 0 Å². The zero-order valence-electron chi connectivity index (χ0n) is 6.78. The largest absolute Gasteiger partial charge is 0.417 e. The summed E-state index contributed by atoms with van der Waals surface area (Å²) in [5.74, 6) is 0. The van der Waals surface area contributed by atoms with Gasteiger partial charge in [0.1, 0.15) is 0 Å². The molecule has 0 saturated carbocycles. The second-order valence-corrected chi connectivity index (χ2v) is 2.20. The van der Waals surface area contributed by atoms with E-state index < -0.39 is 11.7 Å². The monoisotopic (exact) mass is 177 g/mol. The molecule has 0 N–H and O–H groups in total. The maximum atomic E-state index is 11.8. The lowest BCUT2D eigenvalue weighted by molar-refractivity contribution is -0.0852. The van der Waals surface area contributed by atoms with Crippen molar-refractivity contribution in [2.24, 2.45) is 4.99 Å². The standard InChI is InChI=1S/C8H10F3N/c1-4-7(3)12-5-6(2)8(9,10)11/h5H,2-4H2,1H3. The number of hydrogen-bond donors (Lipinski definition) is 0. The fraction of sp³-hybridized carbons (Fsp3) is 0.375. The minimum Gasteiger partial charge on any atom is -0.261 e. The van der Waals surface area contributed by atoms with Gasteiger partial charge in [-0.05, 0) is 6.42 Å². The summed E-state index contributed by atoms with van der Waals surface area (Å²) in [6.45, 7) is 8.00. The lowest BCUT2D eigenvalue weighted by Crippen LogP contribution is -2.11. The highest BCUT2D eigenvalue weighted by Gasteiger charge is 2.30. The van der Waals surface area contributed by atoms with Crippen LogP contribution in [0.4, 0.5) is 13.2 Å². The summed E-state index contributed by atoms with van der Waals surface area (Å²) in [6, 6.07) is 0. The Labute approximate surface area is 69.3 Å². The van der Waals surface area contributed by atoms with E-state index in [0.717, 1.165) is 0 Å². The van der Waals surface area contributed by atoms with E-state index in [2.05, 4.69) is 18.2 Å². The maximum absolute atomic E-state index is 11.8. The Balaban J connectivity index is 4.19. The van der Waals surface area contributed by atoms with Gasteiger partial charge in [-0.1, -0.05) is 20.1 Å². The van der Waals surface area contributed by atoms with Crippen molar-refractivity contribution in [3.8, 4) is 0 Å². The Bertz CT molecular complexity index is 213. The molecule has 0 aliphatic carbocycles. The van der Waals surface area contributed by atoms with Gasteiger partial charge in [-0.3, -0.25) is 4.99 Å². The van der Waals surface area contributed by atoms with Crippen LogP contribution in [-0.4, -0.2) is 12.4 Å². The van der Waals surface area contributed by atoms with Gasteiger partial charge in [0.05, 0.1) is 5.57 Å². The van der Waals surface area contributed by atoms with Crippen LogP contribution in [0.1, 0.15) is 13.3 Å². The van der Waals surface area contributed by atoms with Crippen LogP contribution in [0.2, 0.25) is 0 Å². The molecule has 0 saturated heterocycles. The highest BCUT2D eigenvalue weighted by Crippen LogP contribution is 2.22. The van der Waals surface area contributed by atoms with Crippen LogP contribution in [0, 0.1) is 0 Å². The van der Waals surface area contributed by atoms with Gasteiger partial charge in [0.2, 0.25) is 0 Å². The molecule has 0 radical (unpaired) electrons. The van der Waals surface area contributed by atoms with Gasteiger partial charge in [0.15, 0.2) is 0 Å². The van der Waals surface area contributed by atoms with Gasteiger partial charge in [0, 0.05) is 11.9 Å². The summed E-state index contributed by atoms with van der Waals surface area (Å²) in [4.78, 5) is 3.47. The van der Waals surface area contributed by atoms with E-state index in [0.29, 0.717) is 18.3 Å². The molecule has 0 atom stereocenters. The first-order chi connectivity index (χ1) is 5.38. The van der Waals surface area contributed by atoms with Crippen LogP contribution >= 0.6 is 0 Å². The Kier molecular flexibility index (Phi) is 3.73. The van der Waals surface area contributed by atoms with Gasteiger partial charge in [-0.2, -0.15) is 13.2 Å². The number of alkyl halides is 3. The number of hydrogen-bond acceptors (Lipinski definition) is 1. The van der Waals surface area contributed by atoms with Crippen LogP contribution < -0.4 is 0 Å². The molecular formula is C8H10F3N. The van der Waals surface area contributed by atoms with E-state index in [1.807, 2.05) is 0 Å². The van der Waals surface area contributed by atoms with Gasteiger partial charge in [0.25, 0.3) is 0 Å². The smallest absolute Gasteiger partial charge is 0.261 e. The molecule has 68 valence electrons. The fourth-order valence-electron chi connectivity index (χ4n) is 0.334. The summed E-state index contributed by atoms with van der Waals surface area (Å²) < 4.78 is 35.3. The summed E-state index contributed by atoms with van der Waals surface area (Å²) in [7, 11) is 0. The van der Waals surface area contributed by atoms with E-state index >= 15 is 0 Å². The van der Waals surface area contributed by atoms with E-state index in [-0.39, 0.29) is 0 Å². The number of aliphatic imine (C=N–C) groups is 1. The van der Waals surface area contributed by atoms with E-state index in [4.69, 9.17) is 0 Å². The van der Waals surface area contributed by atoms with Gasteiger partial charge >= 0.3 is 6.18 Å². The Hall–Kier alpha value is -1.06. The maximum Gasteiger partial charge on any atom is 0.417 e. The normalized spacial score (nSPS) is 12.0. The molecule has 0 aliphatic heterocycles. The van der Waals surface area contributed by atoms with E-state index in [1.165, 1.54) is 0 Å². The molecule has 0 unspecified atom stereocenters. The van der Waals surface area contributed by atoms with Crippen molar-refractivity contribution in [1.29, 1.82) is 0 Å². The molecule has 0 heterocycles. The molecule has 12 heavy (non-hydrogen) atoms. The van der Waals surface area contributed by atoms with Crippen LogP contribution in [0.5, 0.6) is 0 Å². The third-order valence-electron chi connectivity index (χ3n) is 1.18. The van der Waals surface area contributed by atoms with E-state index in [1.54, 1.807) is 6.92 Å². The molecular weight excluding hydrogens is 167 g/mol. The van der Waals surface area contributed by atoms with Gasteiger partial charge in [-0.15, -0.1) is 0 Å². The highest BCUT2D eigenvalue weighted by molar-refractivity contribution is 5.80. The second kappa shape index (κ2) is 4.09. The molecule has 0 aromatic carbocycles. The van der Waals surface area contributed by atoms with Crippen LogP contribution in [0.3, 0.4) is 0 Å². The Morgan fingerprint density at radius 1 is 1.42 bits per heavy atom. The van der Waals surface area contributed by atoms with Crippen molar-refractivity contribution in [3.05, 3.63) is 24.4 Å². The fourth-order valence-corrected chi connectivity index (χ4v) is 0.334. The van der Waals surface area contributed by atoms with Crippen LogP contribution in [-0.2, 0) is 0 Å². The summed E-state index contributed by atoms with van der Waals surface area (Å²) >= 11 is 0. The third kappa shape index (κ3) is 3.95. The first kappa shape index (κ1) is 10.9. The van der Waals surface area contributed by atoms with Crippen LogP contribution in [0.25, 0.3) is 0 Å². The molecule has 0 aromatic heterocycles. The predicted octanol–water partition coefficient (Wildman–Crippen LogP) is 3.10. The van der Waals surface area contributed by atoms with Crippen molar-refractivity contribution >= 4 is 6.21 Å². The highest BCUT2D eigenvalue weighted by atomic mass is 19.4. The molecule has 0 fully saturated rings. The second-order valence-electron chi connectivity index (χ2n) is 2.20. The van der Waals surface area contributed by atoms with Crippen molar-refractivity contribution in [2.75, 3.05) is 0 Å². The Morgan fingerprint density at radius 2 is 1.92 bits per heavy atom. The molecule has 0 spiro atoms. The summed E-state index contributed by atoms with van der Waals surface area (Å²) in [5, 5.41) is 0. The van der Waals surface area contributed by atoms with Crippen LogP contribution in [0.15, 0.2) is 29.4 Å². The molecule has 0 bridgehead atoms. The first-order valence-corrected chi connectivity index (χ1v) is 3.36. The number of nitrogens with zero attached hydrogens (tertiary/aromatic N) is 1. The van der Waals surface area contributed by atoms with Gasteiger partial charge < -0.3 is 0 Å². The average molecular weight is 177 g/mol. The van der Waals surface area contributed by atoms with Gasteiger partial charge in [-0.25, -0.2) is 0 Å². The molecule has 0 aliphatic rings. The lowest BCUT2D eigenvalue weighted by Gasteiger charge is -2.03. The number of allylic oxidation sites excluding steroid dienone is 2. The zero-order valence-corrected chi connectivity index (χ0v) is 6.78. The molecule has 0 rings (SSSR count). The SMILES string of the molecule is C=C(CC)N=CC(=C)C(F)(F)F. The lowest BCUT2D eigenvalue weighted by atomic mass is 10.3. The minimum absolute atomic E-state index is 0.403. The first-order valence-electron chi connectivity index (χ1n) is 3.36. The van der Waals surface area contributed by atoms with Crippen molar-refractivity contribution in [1.82, 2.24) is 0 Å². The number of rotatable bonds is 3. The molecule has 1 nitrogen and oxygen atoms in total. The minimum atomic E-state index is -4.39. The number of halogens is 3. The Morgan fingerprint density at radius 3 is 2.25 bits per heavy atom. The predicted molar refractivity (Wildman–Crippen MR) is 43.1 cm³/mol. The zero-order chi connectivity index (χ0) is 9.78. The quantitative estimate of drug-likeness (QED) is 0.587. The van der Waals surface area contributed by atoms with Crippen molar-refractivity contribution in [2.45, 2.75) is 19.5 Å². The third-order valence-corrected chi connectivity index (χ3v) is 1.18.